The van der Waals surface area contributed by atoms with Crippen LogP contribution >= 0.6 is 11.3 Å². The lowest BCUT2D eigenvalue weighted by molar-refractivity contribution is 1.55. The Hall–Kier alpha value is -1.34. The molecule has 0 fully saturated rings. The Morgan fingerprint density at radius 3 is 2.20 bits per heavy atom. The maximum atomic E-state index is 2.23. The van der Waals surface area contributed by atoms with Crippen molar-refractivity contribution >= 4 is 32.2 Å². The normalized spacial score (nSPS) is 11.3. The van der Waals surface area contributed by atoms with Crippen molar-refractivity contribution in [3.8, 4) is 0 Å². The lowest BCUT2D eigenvalue weighted by Crippen LogP contribution is -1.83. The Kier molecular flexibility index (Phi) is 1.83. The second kappa shape index (κ2) is 3.07. The molecule has 0 aliphatic heterocycles. The van der Waals surface area contributed by atoms with Crippen LogP contribution in [0.15, 0.2) is 35.7 Å². The molecule has 0 bridgehead atoms. The van der Waals surface area contributed by atoms with Crippen molar-refractivity contribution < 1.29 is 0 Å². The zero-order chi connectivity index (χ0) is 10.4. The molecule has 0 spiro atoms. The van der Waals surface area contributed by atoms with Crippen molar-refractivity contribution in [3.63, 3.8) is 0 Å². The fraction of sp³-hybridized carbons (Fsp3) is 0.143. The van der Waals surface area contributed by atoms with E-state index in [9.17, 15) is 0 Å². The Morgan fingerprint density at radius 1 is 0.800 bits per heavy atom. The molecule has 0 atom stereocenters. The molecule has 1 aromatic heterocycles. The van der Waals surface area contributed by atoms with Gasteiger partial charge in [-0.1, -0.05) is 24.3 Å². The van der Waals surface area contributed by atoms with Gasteiger partial charge in [0, 0.05) is 4.70 Å². The summed E-state index contributed by atoms with van der Waals surface area (Å²) < 4.78 is 1.44. The predicted octanol–water partition coefficient (Wildman–Crippen LogP) is 4.67. The molecule has 0 aliphatic carbocycles. The number of fused-ring (bicyclic) bond motifs is 2. The highest BCUT2D eigenvalue weighted by Crippen LogP contribution is 2.34. The lowest BCUT2D eigenvalue weighted by atomic mass is 9.98. The van der Waals surface area contributed by atoms with Crippen LogP contribution in [0.25, 0.3) is 20.9 Å². The van der Waals surface area contributed by atoms with Crippen LogP contribution < -0.4 is 0 Å². The van der Waals surface area contributed by atoms with Gasteiger partial charge in [0.2, 0.25) is 0 Å². The molecule has 0 aliphatic rings. The summed E-state index contributed by atoms with van der Waals surface area (Å²) in [6.45, 7) is 4.44. The Bertz CT molecular complexity index is 591. The second-order valence-corrected chi connectivity index (χ2v) is 4.88. The van der Waals surface area contributed by atoms with E-state index in [2.05, 4.69) is 49.6 Å². The minimum Gasteiger partial charge on any atom is -0.144 e. The standard InChI is InChI=1S/C14H12S/c1-9-11-5-3-4-6-12(11)10(2)14-13(9)7-8-15-14/h3-8H,1-2H3. The summed E-state index contributed by atoms with van der Waals surface area (Å²) in [5.41, 5.74) is 2.83. The molecule has 1 heterocycles. The number of rotatable bonds is 0. The maximum absolute atomic E-state index is 2.23. The Balaban J connectivity index is 2.69. The second-order valence-electron chi connectivity index (χ2n) is 3.96. The Labute approximate surface area is 93.2 Å². The van der Waals surface area contributed by atoms with Crippen LogP contribution in [0, 0.1) is 13.8 Å². The van der Waals surface area contributed by atoms with E-state index in [1.54, 1.807) is 0 Å². The molecule has 2 aromatic carbocycles. The van der Waals surface area contributed by atoms with Gasteiger partial charge >= 0.3 is 0 Å². The fourth-order valence-electron chi connectivity index (χ4n) is 2.30. The van der Waals surface area contributed by atoms with E-state index in [0.717, 1.165) is 0 Å². The van der Waals surface area contributed by atoms with Crippen LogP contribution in [-0.2, 0) is 0 Å². The SMILES string of the molecule is Cc1c2ccccc2c(C)c2sccc12. The summed E-state index contributed by atoms with van der Waals surface area (Å²) in [6, 6.07) is 10.9. The summed E-state index contributed by atoms with van der Waals surface area (Å²) >= 11 is 1.84. The molecule has 1 heteroatoms. The lowest BCUT2D eigenvalue weighted by Gasteiger charge is -2.07. The van der Waals surface area contributed by atoms with Crippen molar-refractivity contribution in [2.75, 3.05) is 0 Å². The first-order chi connectivity index (χ1) is 7.29. The topological polar surface area (TPSA) is 0 Å². The first-order valence-electron chi connectivity index (χ1n) is 5.14. The van der Waals surface area contributed by atoms with Gasteiger partial charge in [0.1, 0.15) is 0 Å². The highest BCUT2D eigenvalue weighted by atomic mass is 32.1. The first kappa shape index (κ1) is 8.93. The molecule has 0 amide bonds. The highest BCUT2D eigenvalue weighted by Gasteiger charge is 2.08. The Morgan fingerprint density at radius 2 is 1.47 bits per heavy atom. The summed E-state index contributed by atoms with van der Waals surface area (Å²) in [5, 5.41) is 6.38. The molecular weight excluding hydrogens is 200 g/mol. The summed E-state index contributed by atoms with van der Waals surface area (Å²) in [5.74, 6) is 0. The maximum Gasteiger partial charge on any atom is 0.0380 e. The molecule has 3 aromatic rings. The van der Waals surface area contributed by atoms with Gasteiger partial charge in [0.25, 0.3) is 0 Å². The quantitative estimate of drug-likeness (QED) is 0.508. The molecule has 0 saturated heterocycles. The minimum atomic E-state index is 1.39. The number of aryl methyl sites for hydroxylation is 2. The molecule has 0 unspecified atom stereocenters. The van der Waals surface area contributed by atoms with Crippen molar-refractivity contribution in [3.05, 3.63) is 46.8 Å². The van der Waals surface area contributed by atoms with Crippen LogP contribution in [-0.4, -0.2) is 0 Å². The largest absolute Gasteiger partial charge is 0.144 e. The van der Waals surface area contributed by atoms with Gasteiger partial charge in [-0.05, 0) is 52.6 Å². The van der Waals surface area contributed by atoms with Crippen molar-refractivity contribution in [1.29, 1.82) is 0 Å². The summed E-state index contributed by atoms with van der Waals surface area (Å²) in [4.78, 5) is 0. The van der Waals surface area contributed by atoms with Crippen molar-refractivity contribution in [1.82, 2.24) is 0 Å². The number of thiophene rings is 1. The van der Waals surface area contributed by atoms with E-state index in [1.165, 1.54) is 32.0 Å². The summed E-state index contributed by atoms with van der Waals surface area (Å²) in [6.07, 6.45) is 0. The molecular formula is C14H12S. The summed E-state index contributed by atoms with van der Waals surface area (Å²) in [7, 11) is 0. The van der Waals surface area contributed by atoms with Gasteiger partial charge in [0.15, 0.2) is 0 Å². The van der Waals surface area contributed by atoms with Crippen LogP contribution in [0.4, 0.5) is 0 Å². The van der Waals surface area contributed by atoms with Crippen molar-refractivity contribution in [2.45, 2.75) is 13.8 Å². The third-order valence-corrected chi connectivity index (χ3v) is 4.18. The van der Waals surface area contributed by atoms with Gasteiger partial charge in [-0.3, -0.25) is 0 Å². The van der Waals surface area contributed by atoms with Gasteiger partial charge in [-0.25, -0.2) is 0 Å². The highest BCUT2D eigenvalue weighted by molar-refractivity contribution is 7.17. The molecule has 15 heavy (non-hydrogen) atoms. The van der Waals surface area contributed by atoms with Gasteiger partial charge < -0.3 is 0 Å². The van der Waals surface area contributed by atoms with E-state index >= 15 is 0 Å². The molecule has 0 nitrogen and oxygen atoms in total. The number of hydrogen-bond donors (Lipinski definition) is 0. The molecule has 0 saturated carbocycles. The van der Waals surface area contributed by atoms with E-state index < -0.39 is 0 Å². The van der Waals surface area contributed by atoms with Crippen LogP contribution in [0.1, 0.15) is 11.1 Å². The van der Waals surface area contributed by atoms with E-state index in [1.807, 2.05) is 11.3 Å². The monoisotopic (exact) mass is 212 g/mol. The van der Waals surface area contributed by atoms with Crippen LogP contribution in [0.2, 0.25) is 0 Å². The van der Waals surface area contributed by atoms with Crippen LogP contribution in [0.5, 0.6) is 0 Å². The fourth-order valence-corrected chi connectivity index (χ4v) is 3.27. The molecule has 0 N–H and O–H groups in total. The van der Waals surface area contributed by atoms with Gasteiger partial charge in [0.05, 0.1) is 0 Å². The average Bonchev–Trinajstić information content (AvgIpc) is 2.75. The third kappa shape index (κ3) is 1.13. The predicted molar refractivity (Wildman–Crippen MR) is 68.8 cm³/mol. The third-order valence-electron chi connectivity index (χ3n) is 3.14. The first-order valence-corrected chi connectivity index (χ1v) is 6.02. The minimum absolute atomic E-state index is 1.39. The zero-order valence-electron chi connectivity index (χ0n) is 8.87. The zero-order valence-corrected chi connectivity index (χ0v) is 9.69. The molecule has 0 radical (unpaired) electrons. The number of hydrogen-bond acceptors (Lipinski definition) is 1. The van der Waals surface area contributed by atoms with Crippen LogP contribution in [0.3, 0.4) is 0 Å². The van der Waals surface area contributed by atoms with E-state index in [4.69, 9.17) is 0 Å². The van der Waals surface area contributed by atoms with E-state index in [-0.39, 0.29) is 0 Å². The van der Waals surface area contributed by atoms with E-state index in [0.29, 0.717) is 0 Å². The van der Waals surface area contributed by atoms with Gasteiger partial charge in [-0.15, -0.1) is 11.3 Å². The average molecular weight is 212 g/mol. The van der Waals surface area contributed by atoms with Crippen molar-refractivity contribution in [2.24, 2.45) is 0 Å². The number of benzene rings is 2. The molecule has 3 rings (SSSR count). The smallest absolute Gasteiger partial charge is 0.0380 e. The van der Waals surface area contributed by atoms with Gasteiger partial charge in [-0.2, -0.15) is 0 Å². The molecule has 74 valence electrons.